The van der Waals surface area contributed by atoms with E-state index in [1.165, 1.54) is 0 Å². The number of nitrogens with zero attached hydrogens (tertiary/aromatic N) is 3. The molecule has 1 aromatic heterocycles. The molecular weight excluding hydrogens is 196 g/mol. The summed E-state index contributed by atoms with van der Waals surface area (Å²) in [6, 6.07) is 0. The molecule has 1 aromatic rings. The number of allylic oxidation sites excluding steroid dienone is 3. The Bertz CT molecular complexity index is 475. The molecule has 14 heavy (non-hydrogen) atoms. The van der Waals surface area contributed by atoms with Crippen molar-refractivity contribution < 1.29 is 0 Å². The molecule has 5 heteroatoms. The van der Waals surface area contributed by atoms with Crippen LogP contribution >= 0.6 is 12.2 Å². The third kappa shape index (κ3) is 1.58. The van der Waals surface area contributed by atoms with Gasteiger partial charge < -0.3 is 4.57 Å². The maximum Gasteiger partial charge on any atom is 0.195 e. The number of aromatic nitrogens is 3. The Hall–Kier alpha value is -1.49. The first kappa shape index (κ1) is 9.08. The van der Waals surface area contributed by atoms with Crippen molar-refractivity contribution in [3.63, 3.8) is 0 Å². The Kier molecular flexibility index (Phi) is 2.41. The maximum absolute atomic E-state index is 5.04. The normalized spacial score (nSPS) is 15.4. The quantitative estimate of drug-likeness (QED) is 0.713. The van der Waals surface area contributed by atoms with Gasteiger partial charge in [0.25, 0.3) is 0 Å². The molecule has 1 aliphatic heterocycles. The summed E-state index contributed by atoms with van der Waals surface area (Å²) in [5.41, 5.74) is 1.11. The van der Waals surface area contributed by atoms with Crippen molar-refractivity contribution >= 4 is 24.0 Å². The molecule has 0 saturated heterocycles. The van der Waals surface area contributed by atoms with Crippen LogP contribution in [0.4, 0.5) is 0 Å². The van der Waals surface area contributed by atoms with Gasteiger partial charge in [-0.2, -0.15) is 5.10 Å². The number of hydrogen-bond acceptors (Lipinski definition) is 3. The van der Waals surface area contributed by atoms with Crippen LogP contribution in [0.1, 0.15) is 12.2 Å². The van der Waals surface area contributed by atoms with Gasteiger partial charge in [0.15, 0.2) is 10.6 Å². The number of aromatic amines is 1. The SMILES string of the molecule is Cn1c(C2=CC=NC=CC2)n[nH]c1=S. The van der Waals surface area contributed by atoms with Crippen molar-refractivity contribution in [2.75, 3.05) is 0 Å². The van der Waals surface area contributed by atoms with Crippen LogP contribution in [-0.4, -0.2) is 21.0 Å². The van der Waals surface area contributed by atoms with Crippen LogP contribution < -0.4 is 0 Å². The minimum absolute atomic E-state index is 0.631. The zero-order valence-electron chi connectivity index (χ0n) is 7.77. The first-order valence-electron chi connectivity index (χ1n) is 4.28. The highest BCUT2D eigenvalue weighted by Crippen LogP contribution is 2.16. The van der Waals surface area contributed by atoms with Crippen LogP contribution in [0.2, 0.25) is 0 Å². The zero-order chi connectivity index (χ0) is 9.97. The Labute approximate surface area is 86.7 Å². The van der Waals surface area contributed by atoms with Gasteiger partial charge in [-0.3, -0.25) is 10.1 Å². The fraction of sp³-hybridized carbons (Fsp3) is 0.222. The number of nitrogens with one attached hydrogen (secondary N) is 1. The van der Waals surface area contributed by atoms with Crippen LogP contribution in [0.5, 0.6) is 0 Å². The Morgan fingerprint density at radius 2 is 2.43 bits per heavy atom. The molecule has 0 radical (unpaired) electrons. The molecule has 0 saturated carbocycles. The number of rotatable bonds is 1. The van der Waals surface area contributed by atoms with Crippen molar-refractivity contribution in [3.05, 3.63) is 28.9 Å². The van der Waals surface area contributed by atoms with Crippen LogP contribution in [0, 0.1) is 4.77 Å². The molecule has 2 heterocycles. The van der Waals surface area contributed by atoms with Crippen LogP contribution in [0.15, 0.2) is 23.3 Å². The van der Waals surface area contributed by atoms with Crippen LogP contribution in [-0.2, 0) is 7.05 Å². The van der Waals surface area contributed by atoms with E-state index in [0.29, 0.717) is 4.77 Å². The van der Waals surface area contributed by atoms with E-state index >= 15 is 0 Å². The lowest BCUT2D eigenvalue weighted by molar-refractivity contribution is 0.871. The summed E-state index contributed by atoms with van der Waals surface area (Å²) in [7, 11) is 1.90. The molecule has 0 fully saturated rings. The molecule has 0 unspecified atom stereocenters. The van der Waals surface area contributed by atoms with Gasteiger partial charge in [0.05, 0.1) is 0 Å². The molecule has 0 aliphatic carbocycles. The second kappa shape index (κ2) is 3.71. The van der Waals surface area contributed by atoms with Crippen molar-refractivity contribution in [2.45, 2.75) is 6.42 Å². The van der Waals surface area contributed by atoms with E-state index in [2.05, 4.69) is 15.2 Å². The first-order chi connectivity index (χ1) is 6.79. The summed E-state index contributed by atoms with van der Waals surface area (Å²) in [6.45, 7) is 0. The van der Waals surface area contributed by atoms with Gasteiger partial charge in [0.1, 0.15) is 0 Å². The monoisotopic (exact) mass is 206 g/mol. The van der Waals surface area contributed by atoms with Gasteiger partial charge in [0.2, 0.25) is 0 Å². The van der Waals surface area contributed by atoms with Crippen molar-refractivity contribution in [2.24, 2.45) is 12.0 Å². The minimum atomic E-state index is 0.631. The van der Waals surface area contributed by atoms with E-state index in [-0.39, 0.29) is 0 Å². The van der Waals surface area contributed by atoms with Gasteiger partial charge in [-0.05, 0) is 24.7 Å². The van der Waals surface area contributed by atoms with Gasteiger partial charge in [-0.15, -0.1) is 0 Å². The first-order valence-corrected chi connectivity index (χ1v) is 4.69. The van der Waals surface area contributed by atoms with Crippen LogP contribution in [0.25, 0.3) is 5.57 Å². The summed E-state index contributed by atoms with van der Waals surface area (Å²) < 4.78 is 2.49. The molecule has 1 N–H and O–H groups in total. The summed E-state index contributed by atoms with van der Waals surface area (Å²) in [5.74, 6) is 0.869. The van der Waals surface area contributed by atoms with Gasteiger partial charge in [-0.1, -0.05) is 6.08 Å². The summed E-state index contributed by atoms with van der Waals surface area (Å²) >= 11 is 5.04. The van der Waals surface area contributed by atoms with Gasteiger partial charge in [0, 0.05) is 25.0 Å². The molecule has 2 rings (SSSR count). The lowest BCUT2D eigenvalue weighted by Gasteiger charge is -2.01. The fourth-order valence-electron chi connectivity index (χ4n) is 1.29. The third-order valence-corrected chi connectivity index (χ3v) is 2.42. The highest BCUT2D eigenvalue weighted by Gasteiger charge is 2.07. The Balaban J connectivity index is 2.45. The fourth-order valence-corrected chi connectivity index (χ4v) is 1.42. The number of H-pyrrole nitrogens is 1. The van der Waals surface area contributed by atoms with E-state index in [0.717, 1.165) is 17.8 Å². The molecule has 0 aromatic carbocycles. The van der Waals surface area contributed by atoms with Gasteiger partial charge in [-0.25, -0.2) is 0 Å². The second-order valence-corrected chi connectivity index (χ2v) is 3.38. The largest absolute Gasteiger partial charge is 0.304 e. The van der Waals surface area contributed by atoms with E-state index in [9.17, 15) is 0 Å². The zero-order valence-corrected chi connectivity index (χ0v) is 8.58. The number of aliphatic imine (C=N–C) groups is 1. The maximum atomic E-state index is 5.04. The van der Waals surface area contributed by atoms with E-state index in [1.54, 1.807) is 12.4 Å². The molecule has 0 spiro atoms. The van der Waals surface area contributed by atoms with Gasteiger partial charge >= 0.3 is 0 Å². The van der Waals surface area contributed by atoms with Crippen molar-refractivity contribution in [3.8, 4) is 0 Å². The van der Waals surface area contributed by atoms with E-state index in [4.69, 9.17) is 12.2 Å². The molecular formula is C9H10N4S. The Morgan fingerprint density at radius 1 is 1.57 bits per heavy atom. The lowest BCUT2D eigenvalue weighted by atomic mass is 10.1. The molecule has 72 valence electrons. The molecule has 4 nitrogen and oxygen atoms in total. The average molecular weight is 206 g/mol. The number of hydrogen-bond donors (Lipinski definition) is 1. The van der Waals surface area contributed by atoms with E-state index in [1.807, 2.05) is 23.8 Å². The lowest BCUT2D eigenvalue weighted by Crippen LogP contribution is -1.97. The van der Waals surface area contributed by atoms with Crippen LogP contribution in [0.3, 0.4) is 0 Å². The predicted molar refractivity (Wildman–Crippen MR) is 58.6 cm³/mol. The molecule has 1 aliphatic rings. The summed E-state index contributed by atoms with van der Waals surface area (Å²) in [6.07, 6.45) is 8.31. The summed E-state index contributed by atoms with van der Waals surface area (Å²) in [5, 5.41) is 6.92. The van der Waals surface area contributed by atoms with Crippen molar-refractivity contribution in [1.82, 2.24) is 14.8 Å². The smallest absolute Gasteiger partial charge is 0.195 e. The standard InChI is InChI=1S/C9H10N4S/c1-13-8(11-12-9(13)14)7-3-2-5-10-6-4-7/h2,4-6H,3H2,1H3,(H,12,14). The molecule has 0 atom stereocenters. The second-order valence-electron chi connectivity index (χ2n) is 2.99. The molecule has 0 bridgehead atoms. The highest BCUT2D eigenvalue weighted by molar-refractivity contribution is 7.71. The Morgan fingerprint density at radius 3 is 3.14 bits per heavy atom. The van der Waals surface area contributed by atoms with E-state index < -0.39 is 0 Å². The summed E-state index contributed by atoms with van der Waals surface area (Å²) in [4.78, 5) is 4.03. The topological polar surface area (TPSA) is 46.0 Å². The predicted octanol–water partition coefficient (Wildman–Crippen LogP) is 1.85. The highest BCUT2D eigenvalue weighted by atomic mass is 32.1. The minimum Gasteiger partial charge on any atom is -0.304 e. The average Bonchev–Trinajstić information content (AvgIpc) is 2.47. The third-order valence-electron chi connectivity index (χ3n) is 2.06. The van der Waals surface area contributed by atoms with Crippen molar-refractivity contribution in [1.29, 1.82) is 0 Å². The molecule has 0 amide bonds.